The zero-order chi connectivity index (χ0) is 15.4. The van der Waals surface area contributed by atoms with Gasteiger partial charge in [-0.25, -0.2) is 0 Å². The number of hydrogen-bond acceptors (Lipinski definition) is 5. The molecule has 0 radical (unpaired) electrons. The second kappa shape index (κ2) is 7.19. The predicted octanol–water partition coefficient (Wildman–Crippen LogP) is 0.688. The summed E-state index contributed by atoms with van der Waals surface area (Å²) >= 11 is 0. The van der Waals surface area contributed by atoms with Crippen molar-refractivity contribution in [3.05, 3.63) is 30.0 Å². The number of β-amino-alcohol motifs (C(OH)–C–C–N with tert-alkyl or cyclic N) is 1. The van der Waals surface area contributed by atoms with Crippen LogP contribution >= 0.6 is 0 Å². The molecule has 0 saturated carbocycles. The molecule has 6 heteroatoms. The van der Waals surface area contributed by atoms with Crippen molar-refractivity contribution < 1.29 is 9.84 Å². The lowest BCUT2D eigenvalue weighted by Gasteiger charge is -2.30. The largest absolute Gasteiger partial charge is 0.390 e. The first-order valence-corrected chi connectivity index (χ1v) is 7.80. The minimum absolute atomic E-state index is 0.343. The fourth-order valence-electron chi connectivity index (χ4n) is 3.02. The number of fused-ring (bicyclic) bond motifs is 1. The van der Waals surface area contributed by atoms with E-state index in [2.05, 4.69) is 32.1 Å². The van der Waals surface area contributed by atoms with Gasteiger partial charge in [-0.05, 0) is 12.6 Å². The van der Waals surface area contributed by atoms with E-state index in [9.17, 15) is 5.11 Å². The predicted molar refractivity (Wildman–Crippen MR) is 85.7 cm³/mol. The van der Waals surface area contributed by atoms with Crippen molar-refractivity contribution in [3.63, 3.8) is 0 Å². The number of nitrogens with one attached hydrogen (secondary N) is 1. The molecule has 3 rings (SSSR count). The van der Waals surface area contributed by atoms with Gasteiger partial charge in [0, 0.05) is 38.1 Å². The van der Waals surface area contributed by atoms with Gasteiger partial charge in [-0.1, -0.05) is 18.2 Å². The second-order valence-electron chi connectivity index (χ2n) is 6.01. The highest BCUT2D eigenvalue weighted by Gasteiger charge is 2.16. The Hall–Kier alpha value is -1.47. The van der Waals surface area contributed by atoms with Crippen molar-refractivity contribution in [2.45, 2.75) is 12.6 Å². The molecule has 1 unspecified atom stereocenters. The van der Waals surface area contributed by atoms with Gasteiger partial charge >= 0.3 is 0 Å². The number of benzene rings is 1. The van der Waals surface area contributed by atoms with Crippen LogP contribution in [0.5, 0.6) is 0 Å². The number of nitrogens with zero attached hydrogens (tertiary/aromatic N) is 3. The van der Waals surface area contributed by atoms with E-state index in [1.54, 1.807) is 0 Å². The standard InChI is InChI=1S/C16H24N4O2/c1-19(11-15(21)12-20-5-7-22-8-6-20)10-14-4-2-3-13-9-17-18-16(13)14/h2-4,9,15,21H,5-8,10-12H2,1H3,(H,17,18). The van der Waals surface area contributed by atoms with Crippen molar-refractivity contribution in [3.8, 4) is 0 Å². The molecule has 0 bridgehead atoms. The maximum absolute atomic E-state index is 10.3. The third-order valence-corrected chi connectivity index (χ3v) is 4.10. The molecular formula is C16H24N4O2. The topological polar surface area (TPSA) is 64.6 Å². The van der Waals surface area contributed by atoms with Gasteiger partial charge in [-0.15, -0.1) is 0 Å². The van der Waals surface area contributed by atoms with Gasteiger partial charge in [0.05, 0.1) is 31.0 Å². The quantitative estimate of drug-likeness (QED) is 0.822. The normalized spacial score (nSPS) is 18.1. The Balaban J connectivity index is 1.53. The van der Waals surface area contributed by atoms with Gasteiger partial charge in [0.1, 0.15) is 0 Å². The number of morpholine rings is 1. The minimum atomic E-state index is -0.343. The Morgan fingerprint density at radius 1 is 1.41 bits per heavy atom. The molecule has 0 aliphatic carbocycles. The molecule has 2 N–H and O–H groups in total. The van der Waals surface area contributed by atoms with Crippen molar-refractivity contribution >= 4 is 10.9 Å². The van der Waals surface area contributed by atoms with E-state index in [0.717, 1.165) is 43.8 Å². The van der Waals surface area contributed by atoms with Crippen LogP contribution in [-0.2, 0) is 11.3 Å². The van der Waals surface area contributed by atoms with Crippen LogP contribution in [0.2, 0.25) is 0 Å². The minimum Gasteiger partial charge on any atom is -0.390 e. The summed E-state index contributed by atoms with van der Waals surface area (Å²) in [6.45, 7) is 5.51. The summed E-state index contributed by atoms with van der Waals surface area (Å²) in [6.07, 6.45) is 1.50. The fraction of sp³-hybridized carbons (Fsp3) is 0.562. The number of H-pyrrole nitrogens is 1. The van der Waals surface area contributed by atoms with E-state index in [1.807, 2.05) is 19.3 Å². The first-order chi connectivity index (χ1) is 10.7. The lowest BCUT2D eigenvalue weighted by atomic mass is 10.1. The van der Waals surface area contributed by atoms with E-state index < -0.39 is 0 Å². The molecule has 1 aromatic heterocycles. The molecule has 2 heterocycles. The third-order valence-electron chi connectivity index (χ3n) is 4.10. The third kappa shape index (κ3) is 3.84. The lowest BCUT2D eigenvalue weighted by Crippen LogP contribution is -2.43. The average molecular weight is 304 g/mol. The van der Waals surface area contributed by atoms with Gasteiger partial charge in [-0.3, -0.25) is 14.9 Å². The number of hydrogen-bond donors (Lipinski definition) is 2. The SMILES string of the molecule is CN(Cc1cccc2cn[nH]c12)CC(O)CN1CCOCC1. The van der Waals surface area contributed by atoms with Crippen LogP contribution < -0.4 is 0 Å². The van der Waals surface area contributed by atoms with Crippen molar-refractivity contribution in [2.24, 2.45) is 0 Å². The average Bonchev–Trinajstić information content (AvgIpc) is 2.97. The molecule has 1 fully saturated rings. The molecular weight excluding hydrogens is 280 g/mol. The maximum Gasteiger partial charge on any atom is 0.0793 e. The number of ether oxygens (including phenoxy) is 1. The molecule has 1 atom stereocenters. The first-order valence-electron chi connectivity index (χ1n) is 7.80. The van der Waals surface area contributed by atoms with Crippen LogP contribution in [0.25, 0.3) is 10.9 Å². The molecule has 1 aliphatic rings. The highest BCUT2D eigenvalue weighted by Crippen LogP contribution is 2.17. The van der Waals surface area contributed by atoms with E-state index >= 15 is 0 Å². The molecule has 1 aliphatic heterocycles. The number of aliphatic hydroxyl groups excluding tert-OH is 1. The second-order valence-corrected chi connectivity index (χ2v) is 6.01. The molecule has 2 aromatic rings. The molecule has 0 spiro atoms. The Morgan fingerprint density at radius 3 is 3.05 bits per heavy atom. The first kappa shape index (κ1) is 15.4. The summed E-state index contributed by atoms with van der Waals surface area (Å²) in [7, 11) is 2.04. The van der Waals surface area contributed by atoms with E-state index in [1.165, 1.54) is 5.56 Å². The Kier molecular flexibility index (Phi) is 5.04. The molecule has 1 saturated heterocycles. The molecule has 6 nitrogen and oxygen atoms in total. The maximum atomic E-state index is 10.3. The summed E-state index contributed by atoms with van der Waals surface area (Å²) in [5.74, 6) is 0. The zero-order valence-electron chi connectivity index (χ0n) is 13.0. The highest BCUT2D eigenvalue weighted by atomic mass is 16.5. The van der Waals surface area contributed by atoms with Gasteiger partial charge in [0.25, 0.3) is 0 Å². The number of aliphatic hydroxyl groups is 1. The number of aromatic nitrogens is 2. The summed E-state index contributed by atoms with van der Waals surface area (Å²) < 4.78 is 5.33. The van der Waals surface area contributed by atoms with E-state index in [0.29, 0.717) is 13.1 Å². The van der Waals surface area contributed by atoms with Crippen molar-refractivity contribution in [1.82, 2.24) is 20.0 Å². The van der Waals surface area contributed by atoms with Gasteiger partial charge in [0.15, 0.2) is 0 Å². The molecule has 120 valence electrons. The summed E-state index contributed by atoms with van der Waals surface area (Å²) in [5.41, 5.74) is 2.29. The smallest absolute Gasteiger partial charge is 0.0793 e. The summed E-state index contributed by atoms with van der Waals surface area (Å²) in [5, 5.41) is 18.6. The number of rotatable bonds is 6. The van der Waals surface area contributed by atoms with Crippen LogP contribution in [0.3, 0.4) is 0 Å². The summed E-state index contributed by atoms with van der Waals surface area (Å²) in [4.78, 5) is 4.42. The fourth-order valence-corrected chi connectivity index (χ4v) is 3.02. The van der Waals surface area contributed by atoms with Crippen LogP contribution in [0.15, 0.2) is 24.4 Å². The number of likely N-dealkylation sites (N-methyl/N-ethyl adjacent to an activating group) is 1. The zero-order valence-corrected chi connectivity index (χ0v) is 13.0. The van der Waals surface area contributed by atoms with Gasteiger partial charge in [-0.2, -0.15) is 5.10 Å². The van der Waals surface area contributed by atoms with E-state index in [4.69, 9.17) is 4.74 Å². The van der Waals surface area contributed by atoms with Crippen LogP contribution in [-0.4, -0.2) is 77.6 Å². The Morgan fingerprint density at radius 2 is 2.23 bits per heavy atom. The highest BCUT2D eigenvalue weighted by molar-refractivity contribution is 5.81. The monoisotopic (exact) mass is 304 g/mol. The Bertz CT molecular complexity index is 595. The summed E-state index contributed by atoms with van der Waals surface area (Å²) in [6, 6.07) is 6.20. The Labute approximate surface area is 130 Å². The van der Waals surface area contributed by atoms with Crippen molar-refractivity contribution in [2.75, 3.05) is 46.4 Å². The van der Waals surface area contributed by atoms with Crippen LogP contribution in [0, 0.1) is 0 Å². The number of para-hydroxylation sites is 1. The van der Waals surface area contributed by atoms with Crippen LogP contribution in [0.4, 0.5) is 0 Å². The molecule has 1 aromatic carbocycles. The van der Waals surface area contributed by atoms with Gasteiger partial charge in [0.2, 0.25) is 0 Å². The molecule has 0 amide bonds. The lowest BCUT2D eigenvalue weighted by molar-refractivity contribution is 0.00827. The van der Waals surface area contributed by atoms with Crippen LogP contribution in [0.1, 0.15) is 5.56 Å². The number of aromatic amines is 1. The van der Waals surface area contributed by atoms with Gasteiger partial charge < -0.3 is 9.84 Å². The van der Waals surface area contributed by atoms with Crippen molar-refractivity contribution in [1.29, 1.82) is 0 Å². The molecule has 22 heavy (non-hydrogen) atoms. The van der Waals surface area contributed by atoms with E-state index in [-0.39, 0.29) is 6.10 Å².